The molecule has 0 saturated carbocycles. The molecule has 2 aromatic heterocycles. The van der Waals surface area contributed by atoms with Gasteiger partial charge in [0, 0.05) is 12.6 Å². The van der Waals surface area contributed by atoms with Crippen molar-refractivity contribution in [2.75, 3.05) is 0 Å². The molecule has 0 amide bonds. The second-order valence-corrected chi connectivity index (χ2v) is 7.04. The summed E-state index contributed by atoms with van der Waals surface area (Å²) < 4.78 is 9.81. The predicted molar refractivity (Wildman–Crippen MR) is 111 cm³/mol. The van der Waals surface area contributed by atoms with Gasteiger partial charge in [-0.25, -0.2) is 14.3 Å². The van der Waals surface area contributed by atoms with Gasteiger partial charge in [0.05, 0.1) is 17.6 Å². The summed E-state index contributed by atoms with van der Waals surface area (Å²) in [6.45, 7) is 4.02. The van der Waals surface area contributed by atoms with Gasteiger partial charge in [-0.15, -0.1) is 0 Å². The molecule has 0 saturated heterocycles. The average Bonchev–Trinajstić information content (AvgIpc) is 3.35. The molecule has 0 bridgehead atoms. The van der Waals surface area contributed by atoms with E-state index in [-0.39, 0.29) is 18.0 Å². The quantitative estimate of drug-likeness (QED) is 0.507. The van der Waals surface area contributed by atoms with E-state index in [1.807, 2.05) is 26.0 Å². The van der Waals surface area contributed by atoms with Crippen molar-refractivity contribution in [3.8, 4) is 17.1 Å². The summed E-state index contributed by atoms with van der Waals surface area (Å²) >= 11 is 0. The van der Waals surface area contributed by atoms with Crippen LogP contribution < -0.4 is 10.4 Å². The van der Waals surface area contributed by atoms with E-state index < -0.39 is 5.97 Å². The maximum absolute atomic E-state index is 12.3. The van der Waals surface area contributed by atoms with Crippen LogP contribution in [0, 0.1) is 13.8 Å². The van der Waals surface area contributed by atoms with Gasteiger partial charge >= 0.3 is 11.7 Å². The zero-order valence-electron chi connectivity index (χ0n) is 17.2. The van der Waals surface area contributed by atoms with Crippen LogP contribution in [-0.4, -0.2) is 40.6 Å². The maximum atomic E-state index is 12.3. The van der Waals surface area contributed by atoms with Crippen LogP contribution in [-0.2, 0) is 13.7 Å². The number of nitrogens with zero attached hydrogens (tertiary/aromatic N) is 6. The number of hydrogen-bond acceptors (Lipinski definition) is 6. The van der Waals surface area contributed by atoms with Crippen LogP contribution in [0.1, 0.15) is 27.2 Å². The Hall–Kier alpha value is -4.21. The zero-order chi connectivity index (χ0) is 22.1. The summed E-state index contributed by atoms with van der Waals surface area (Å²) in [5, 5.41) is 21.1. The minimum Gasteiger partial charge on any atom is -0.489 e. The lowest BCUT2D eigenvalue weighted by Crippen LogP contribution is -2.23. The van der Waals surface area contributed by atoms with Crippen molar-refractivity contribution in [2.24, 2.45) is 7.05 Å². The Bertz CT molecular complexity index is 1330. The van der Waals surface area contributed by atoms with Crippen LogP contribution in [0.4, 0.5) is 0 Å². The van der Waals surface area contributed by atoms with Crippen LogP contribution in [0.2, 0.25) is 0 Å². The number of aryl methyl sites for hydroxylation is 3. The highest BCUT2D eigenvalue weighted by atomic mass is 16.5. The lowest BCUT2D eigenvalue weighted by molar-refractivity contribution is 0.0687. The molecule has 4 aromatic rings. The standard InChI is InChI=1S/C21H20N6O4/c1-13-5-4-6-17(27-21(30)25(3)23-24-27)16(13)12-31-19-8-7-15(11-14(19)2)26-18(20(28)29)9-10-22-26/h4-11H,12H2,1-3H3,(H,28,29). The Morgan fingerprint density at radius 2 is 1.87 bits per heavy atom. The first kappa shape index (κ1) is 20.1. The van der Waals surface area contributed by atoms with Crippen molar-refractivity contribution < 1.29 is 14.6 Å². The van der Waals surface area contributed by atoms with E-state index in [1.54, 1.807) is 24.3 Å². The molecule has 0 unspecified atom stereocenters. The molecule has 2 heterocycles. The fourth-order valence-corrected chi connectivity index (χ4v) is 3.29. The molecule has 10 nitrogen and oxygen atoms in total. The van der Waals surface area contributed by atoms with E-state index in [0.29, 0.717) is 17.1 Å². The molecular formula is C21H20N6O4. The van der Waals surface area contributed by atoms with Gasteiger partial charge in [-0.05, 0) is 65.7 Å². The van der Waals surface area contributed by atoms with Gasteiger partial charge in [0.2, 0.25) is 0 Å². The first-order valence-electron chi connectivity index (χ1n) is 9.46. The number of aromatic nitrogens is 6. The summed E-state index contributed by atoms with van der Waals surface area (Å²) in [5.41, 5.74) is 3.54. The van der Waals surface area contributed by atoms with Gasteiger partial charge in [0.1, 0.15) is 12.4 Å². The van der Waals surface area contributed by atoms with Gasteiger partial charge < -0.3 is 9.84 Å². The molecule has 0 radical (unpaired) electrons. The number of carboxylic acid groups (broad SMARTS) is 1. The Balaban J connectivity index is 1.62. The third-order valence-corrected chi connectivity index (χ3v) is 4.97. The number of benzene rings is 2. The van der Waals surface area contributed by atoms with Gasteiger partial charge in [-0.2, -0.15) is 14.5 Å². The van der Waals surface area contributed by atoms with Crippen molar-refractivity contribution in [2.45, 2.75) is 20.5 Å². The molecule has 0 aliphatic rings. The molecule has 0 aliphatic carbocycles. The highest BCUT2D eigenvalue weighted by Gasteiger charge is 2.15. The number of tetrazole rings is 1. The first-order chi connectivity index (χ1) is 14.9. The predicted octanol–water partition coefficient (Wildman–Crippen LogP) is 2.05. The second-order valence-electron chi connectivity index (χ2n) is 7.04. The molecule has 158 valence electrons. The summed E-state index contributed by atoms with van der Waals surface area (Å²) in [6, 6.07) is 12.3. The van der Waals surface area contributed by atoms with Crippen LogP contribution in [0.15, 0.2) is 53.5 Å². The lowest BCUT2D eigenvalue weighted by atomic mass is 10.1. The molecule has 0 spiro atoms. The molecule has 1 N–H and O–H groups in total. The maximum Gasteiger partial charge on any atom is 0.368 e. The summed E-state index contributed by atoms with van der Waals surface area (Å²) in [5.74, 6) is -0.421. The van der Waals surface area contributed by atoms with E-state index in [1.165, 1.54) is 28.7 Å². The van der Waals surface area contributed by atoms with Gasteiger partial charge in [0.25, 0.3) is 0 Å². The molecule has 10 heteroatoms. The van der Waals surface area contributed by atoms with Crippen molar-refractivity contribution in [3.63, 3.8) is 0 Å². The lowest BCUT2D eigenvalue weighted by Gasteiger charge is -2.15. The molecule has 0 atom stereocenters. The van der Waals surface area contributed by atoms with Crippen molar-refractivity contribution in [1.29, 1.82) is 0 Å². The van der Waals surface area contributed by atoms with Gasteiger partial charge in [0.15, 0.2) is 5.69 Å². The summed E-state index contributed by atoms with van der Waals surface area (Å²) in [6.07, 6.45) is 1.44. The van der Waals surface area contributed by atoms with Crippen LogP contribution in [0.3, 0.4) is 0 Å². The highest BCUT2D eigenvalue weighted by Crippen LogP contribution is 2.25. The van der Waals surface area contributed by atoms with Crippen molar-refractivity contribution in [1.82, 2.24) is 29.6 Å². The second kappa shape index (κ2) is 7.90. The topological polar surface area (TPSA) is 117 Å². The number of carbonyl (C=O) groups is 1. The highest BCUT2D eigenvalue weighted by molar-refractivity contribution is 5.86. The Kier molecular flexibility index (Phi) is 5.12. The van der Waals surface area contributed by atoms with E-state index in [2.05, 4.69) is 15.5 Å². The first-order valence-corrected chi connectivity index (χ1v) is 9.46. The largest absolute Gasteiger partial charge is 0.489 e. The Morgan fingerprint density at radius 1 is 1.06 bits per heavy atom. The molecular weight excluding hydrogens is 400 g/mol. The van der Waals surface area contributed by atoms with E-state index in [9.17, 15) is 14.7 Å². The minimum atomic E-state index is -1.05. The van der Waals surface area contributed by atoms with E-state index in [4.69, 9.17) is 4.74 Å². The Morgan fingerprint density at radius 3 is 2.55 bits per heavy atom. The number of hydrogen-bond donors (Lipinski definition) is 1. The van der Waals surface area contributed by atoms with E-state index in [0.717, 1.165) is 21.4 Å². The molecule has 0 fully saturated rings. The zero-order valence-corrected chi connectivity index (χ0v) is 17.2. The summed E-state index contributed by atoms with van der Waals surface area (Å²) in [7, 11) is 1.54. The molecule has 31 heavy (non-hydrogen) atoms. The van der Waals surface area contributed by atoms with Gasteiger partial charge in [-0.3, -0.25) is 0 Å². The monoisotopic (exact) mass is 420 g/mol. The van der Waals surface area contributed by atoms with Crippen LogP contribution in [0.25, 0.3) is 11.4 Å². The average molecular weight is 420 g/mol. The van der Waals surface area contributed by atoms with Crippen LogP contribution in [0.5, 0.6) is 5.75 Å². The number of aromatic carboxylic acids is 1. The van der Waals surface area contributed by atoms with Crippen molar-refractivity contribution >= 4 is 5.97 Å². The fraction of sp³-hybridized carbons (Fsp3) is 0.190. The fourth-order valence-electron chi connectivity index (χ4n) is 3.29. The molecule has 2 aromatic carbocycles. The Labute approximate surface area is 176 Å². The molecule has 4 rings (SSSR count). The SMILES string of the molecule is Cc1cc(-n2nccc2C(=O)O)ccc1OCc1c(C)cccc1-n1nnn(C)c1=O. The van der Waals surface area contributed by atoms with Gasteiger partial charge in [-0.1, -0.05) is 12.1 Å². The number of ether oxygens (including phenoxy) is 1. The third-order valence-electron chi connectivity index (χ3n) is 4.97. The van der Waals surface area contributed by atoms with Crippen LogP contribution >= 0.6 is 0 Å². The number of rotatable bonds is 6. The number of carboxylic acids is 1. The third kappa shape index (κ3) is 3.70. The van der Waals surface area contributed by atoms with E-state index >= 15 is 0 Å². The normalized spacial score (nSPS) is 10.9. The molecule has 0 aliphatic heterocycles. The minimum absolute atomic E-state index is 0.0760. The summed E-state index contributed by atoms with van der Waals surface area (Å²) in [4.78, 5) is 23.6. The van der Waals surface area contributed by atoms with Crippen molar-refractivity contribution in [3.05, 3.63) is 81.5 Å². The smallest absolute Gasteiger partial charge is 0.368 e.